The zero-order chi connectivity index (χ0) is 16.6. The first-order valence-electron chi connectivity index (χ1n) is 8.94. The minimum Gasteiger partial charge on any atom is -0.269 e. The Hall–Kier alpha value is -1.62. The van der Waals surface area contributed by atoms with Gasteiger partial charge in [-0.25, -0.2) is 8.42 Å². The molecule has 2 aromatic rings. The molecular weight excluding hydrogens is 320 g/mol. The third-order valence-electron chi connectivity index (χ3n) is 5.28. The molecule has 1 aromatic carbocycles. The number of hydrogen-bond acceptors (Lipinski definition) is 3. The highest BCUT2D eigenvalue weighted by Gasteiger charge is 2.41. The van der Waals surface area contributed by atoms with Gasteiger partial charge in [0.25, 0.3) is 0 Å². The van der Waals surface area contributed by atoms with Crippen LogP contribution < -0.4 is 0 Å². The fourth-order valence-electron chi connectivity index (χ4n) is 3.94. The van der Waals surface area contributed by atoms with Gasteiger partial charge in [-0.3, -0.25) is 4.68 Å². The summed E-state index contributed by atoms with van der Waals surface area (Å²) in [5.74, 6) is 0.317. The van der Waals surface area contributed by atoms with Gasteiger partial charge < -0.3 is 0 Å². The number of sulfone groups is 1. The molecule has 2 saturated carbocycles. The lowest BCUT2D eigenvalue weighted by Gasteiger charge is -2.17. The molecule has 2 fully saturated rings. The Morgan fingerprint density at radius 1 is 1.04 bits per heavy atom. The summed E-state index contributed by atoms with van der Waals surface area (Å²) in [7, 11) is -3.25. The highest BCUT2D eigenvalue weighted by Crippen LogP contribution is 2.46. The second-order valence-electron chi connectivity index (χ2n) is 7.20. The predicted octanol–water partition coefficient (Wildman–Crippen LogP) is 4.06. The van der Waals surface area contributed by atoms with E-state index in [1.54, 1.807) is 0 Å². The number of rotatable bonds is 6. The van der Waals surface area contributed by atoms with Crippen LogP contribution in [0.4, 0.5) is 0 Å². The molecule has 4 rings (SSSR count). The van der Waals surface area contributed by atoms with Gasteiger partial charge in [0, 0.05) is 6.20 Å². The first-order valence-corrected chi connectivity index (χ1v) is 10.7. The van der Waals surface area contributed by atoms with Crippen molar-refractivity contribution >= 4 is 9.84 Å². The largest absolute Gasteiger partial charge is 0.269 e. The molecular formula is C19H24N2O2S. The van der Waals surface area contributed by atoms with Crippen molar-refractivity contribution in [3.8, 4) is 0 Å². The predicted molar refractivity (Wildman–Crippen MR) is 94.3 cm³/mol. The van der Waals surface area contributed by atoms with Gasteiger partial charge in [0.1, 0.15) is 0 Å². The molecule has 0 N–H and O–H groups in total. The minimum atomic E-state index is -3.25. The van der Waals surface area contributed by atoms with Crippen molar-refractivity contribution < 1.29 is 8.42 Å². The van der Waals surface area contributed by atoms with Crippen LogP contribution in [0.25, 0.3) is 0 Å². The summed E-state index contributed by atoms with van der Waals surface area (Å²) in [6.07, 6.45) is 8.77. The van der Waals surface area contributed by atoms with Gasteiger partial charge in [-0.15, -0.1) is 0 Å². The number of nitrogens with zero attached hydrogens (tertiary/aromatic N) is 2. The summed E-state index contributed by atoms with van der Waals surface area (Å²) in [4.78, 5) is 0. The summed E-state index contributed by atoms with van der Waals surface area (Å²) in [6, 6.07) is 12.0. The van der Waals surface area contributed by atoms with Gasteiger partial charge in [-0.05, 0) is 43.2 Å². The Kier molecular flexibility index (Phi) is 4.21. The van der Waals surface area contributed by atoms with Crippen molar-refractivity contribution in [2.24, 2.45) is 5.92 Å². The smallest absolute Gasteiger partial charge is 0.163 e. The lowest BCUT2D eigenvalue weighted by molar-refractivity contribution is 0.464. The van der Waals surface area contributed by atoms with E-state index in [0.29, 0.717) is 11.7 Å². The zero-order valence-electron chi connectivity index (χ0n) is 13.8. The van der Waals surface area contributed by atoms with Crippen LogP contribution in [0.15, 0.2) is 42.6 Å². The van der Waals surface area contributed by atoms with E-state index >= 15 is 0 Å². The summed E-state index contributed by atoms with van der Waals surface area (Å²) in [5.41, 5.74) is 1.61. The standard InChI is InChI=1S/C19H24N2O2S/c22-24(23,19(16-10-11-16)15-6-2-1-3-7-15)14-17-12-13-21(20-17)18-8-4-5-9-18/h1-3,6-7,12-13,16,18-19H,4-5,8-11,14H2. The van der Waals surface area contributed by atoms with Crippen LogP contribution in [0.3, 0.4) is 0 Å². The molecule has 0 saturated heterocycles. The van der Waals surface area contributed by atoms with E-state index in [1.807, 2.05) is 47.3 Å². The Morgan fingerprint density at radius 3 is 2.42 bits per heavy atom. The van der Waals surface area contributed by atoms with E-state index in [1.165, 1.54) is 12.8 Å². The van der Waals surface area contributed by atoms with E-state index in [-0.39, 0.29) is 16.9 Å². The normalized spacial score (nSPS) is 20.3. The van der Waals surface area contributed by atoms with Crippen molar-refractivity contribution in [2.45, 2.75) is 55.6 Å². The van der Waals surface area contributed by atoms with Crippen LogP contribution in [0.2, 0.25) is 0 Å². The fourth-order valence-corrected chi connectivity index (χ4v) is 6.11. The molecule has 2 aliphatic rings. The van der Waals surface area contributed by atoms with E-state index in [2.05, 4.69) is 5.10 Å². The lowest BCUT2D eigenvalue weighted by Crippen LogP contribution is -2.18. The fraction of sp³-hybridized carbons (Fsp3) is 0.526. The minimum absolute atomic E-state index is 0.0444. The quantitative estimate of drug-likeness (QED) is 0.794. The SMILES string of the molecule is O=S(=O)(Cc1ccn(C2CCCC2)n1)C(c1ccccc1)C1CC1. The van der Waals surface area contributed by atoms with Crippen molar-refractivity contribution in [1.29, 1.82) is 0 Å². The van der Waals surface area contributed by atoms with Crippen LogP contribution in [-0.4, -0.2) is 18.2 Å². The zero-order valence-corrected chi connectivity index (χ0v) is 14.7. The molecule has 1 heterocycles. The van der Waals surface area contributed by atoms with E-state index < -0.39 is 9.84 Å². The third kappa shape index (κ3) is 3.27. The van der Waals surface area contributed by atoms with Gasteiger partial charge >= 0.3 is 0 Å². The highest BCUT2D eigenvalue weighted by atomic mass is 32.2. The maximum Gasteiger partial charge on any atom is 0.163 e. The summed E-state index contributed by atoms with van der Waals surface area (Å²) in [6.45, 7) is 0. The van der Waals surface area contributed by atoms with E-state index in [9.17, 15) is 8.42 Å². The first kappa shape index (κ1) is 15.9. The Morgan fingerprint density at radius 2 is 1.75 bits per heavy atom. The molecule has 0 amide bonds. The molecule has 4 nitrogen and oxygen atoms in total. The second-order valence-corrected chi connectivity index (χ2v) is 9.32. The molecule has 0 radical (unpaired) electrons. The monoisotopic (exact) mass is 344 g/mol. The van der Waals surface area contributed by atoms with Crippen molar-refractivity contribution in [3.63, 3.8) is 0 Å². The Bertz CT molecular complexity index is 788. The van der Waals surface area contributed by atoms with E-state index in [4.69, 9.17) is 0 Å². The molecule has 1 aromatic heterocycles. The molecule has 0 bridgehead atoms. The molecule has 1 unspecified atom stereocenters. The van der Waals surface area contributed by atoms with Gasteiger partial charge in [-0.2, -0.15) is 5.10 Å². The summed E-state index contributed by atoms with van der Waals surface area (Å²) < 4.78 is 28.1. The number of aromatic nitrogens is 2. The second kappa shape index (κ2) is 6.36. The van der Waals surface area contributed by atoms with Crippen LogP contribution in [0.5, 0.6) is 0 Å². The Labute approximate surface area is 143 Å². The number of hydrogen-bond donors (Lipinski definition) is 0. The van der Waals surface area contributed by atoms with E-state index in [0.717, 1.165) is 31.2 Å². The van der Waals surface area contributed by atoms with Gasteiger partial charge in [0.2, 0.25) is 0 Å². The molecule has 5 heteroatoms. The van der Waals surface area contributed by atoms with Crippen LogP contribution in [0.1, 0.15) is 61.1 Å². The van der Waals surface area contributed by atoms with Crippen LogP contribution in [-0.2, 0) is 15.6 Å². The van der Waals surface area contributed by atoms with Crippen LogP contribution >= 0.6 is 0 Å². The molecule has 2 aliphatic carbocycles. The maximum atomic E-state index is 13.1. The topological polar surface area (TPSA) is 52.0 Å². The molecule has 24 heavy (non-hydrogen) atoms. The average Bonchev–Trinajstić information content (AvgIpc) is 3.05. The van der Waals surface area contributed by atoms with Crippen molar-refractivity contribution in [2.75, 3.05) is 0 Å². The lowest BCUT2D eigenvalue weighted by atomic mass is 10.1. The molecule has 0 aliphatic heterocycles. The van der Waals surface area contributed by atoms with Crippen LogP contribution in [0, 0.1) is 5.92 Å². The van der Waals surface area contributed by atoms with Gasteiger partial charge in [0.15, 0.2) is 9.84 Å². The van der Waals surface area contributed by atoms with Crippen molar-refractivity contribution in [3.05, 3.63) is 53.9 Å². The van der Waals surface area contributed by atoms with Gasteiger partial charge in [-0.1, -0.05) is 43.2 Å². The first-order chi connectivity index (χ1) is 11.6. The Balaban J connectivity index is 1.55. The number of benzene rings is 1. The van der Waals surface area contributed by atoms with Gasteiger partial charge in [0.05, 0.1) is 22.7 Å². The molecule has 128 valence electrons. The molecule has 1 atom stereocenters. The third-order valence-corrected chi connectivity index (χ3v) is 7.41. The van der Waals surface area contributed by atoms with Crippen molar-refractivity contribution in [1.82, 2.24) is 9.78 Å². The molecule has 0 spiro atoms. The maximum absolute atomic E-state index is 13.1. The summed E-state index contributed by atoms with van der Waals surface area (Å²) >= 11 is 0. The highest BCUT2D eigenvalue weighted by molar-refractivity contribution is 7.90. The average molecular weight is 344 g/mol. The summed E-state index contributed by atoms with van der Waals surface area (Å²) in [5, 5.41) is 4.19.